The van der Waals surface area contributed by atoms with Crippen molar-refractivity contribution in [3.05, 3.63) is 35.0 Å². The lowest BCUT2D eigenvalue weighted by Crippen LogP contribution is -1.65. The lowest BCUT2D eigenvalue weighted by Gasteiger charge is -1.87. The highest BCUT2D eigenvalue weighted by Gasteiger charge is 2.01. The SMILES string of the molecule is O=Cc1cc2ccc(Cl)cc2o1. The summed E-state index contributed by atoms with van der Waals surface area (Å²) in [5.74, 6) is 0.326. The van der Waals surface area contributed by atoms with Crippen LogP contribution in [-0.4, -0.2) is 6.29 Å². The maximum absolute atomic E-state index is 10.3. The quantitative estimate of drug-likeness (QED) is 0.632. The molecule has 1 heterocycles. The van der Waals surface area contributed by atoms with Gasteiger partial charge in [-0.25, -0.2) is 0 Å². The van der Waals surface area contributed by atoms with Gasteiger partial charge in [0.1, 0.15) is 5.58 Å². The molecule has 0 bridgehead atoms. The van der Waals surface area contributed by atoms with Crippen LogP contribution in [0.4, 0.5) is 0 Å². The summed E-state index contributed by atoms with van der Waals surface area (Å²) in [6, 6.07) is 6.94. The van der Waals surface area contributed by atoms with Gasteiger partial charge in [-0.2, -0.15) is 0 Å². The Morgan fingerprint density at radius 2 is 2.17 bits per heavy atom. The van der Waals surface area contributed by atoms with Gasteiger partial charge in [-0.05, 0) is 18.2 Å². The Balaban J connectivity index is 2.75. The molecule has 0 spiro atoms. The van der Waals surface area contributed by atoms with Gasteiger partial charge in [0.2, 0.25) is 0 Å². The van der Waals surface area contributed by atoms with Gasteiger partial charge in [-0.15, -0.1) is 0 Å². The van der Waals surface area contributed by atoms with Crippen LogP contribution in [0.5, 0.6) is 0 Å². The Morgan fingerprint density at radius 1 is 1.33 bits per heavy atom. The summed E-state index contributed by atoms with van der Waals surface area (Å²) in [4.78, 5) is 10.3. The van der Waals surface area contributed by atoms with Crippen LogP contribution in [-0.2, 0) is 0 Å². The van der Waals surface area contributed by atoms with E-state index in [-0.39, 0.29) is 0 Å². The van der Waals surface area contributed by atoms with E-state index in [2.05, 4.69) is 0 Å². The van der Waals surface area contributed by atoms with Crippen LogP contribution in [0.3, 0.4) is 0 Å². The molecule has 0 N–H and O–H groups in total. The molecule has 1 aromatic carbocycles. The fourth-order valence-corrected chi connectivity index (χ4v) is 1.25. The van der Waals surface area contributed by atoms with Crippen LogP contribution in [0.15, 0.2) is 28.7 Å². The smallest absolute Gasteiger partial charge is 0.185 e. The summed E-state index contributed by atoms with van der Waals surface area (Å²) in [6.07, 6.45) is 0.675. The molecule has 0 amide bonds. The number of carbonyl (C=O) groups excluding carboxylic acids is 1. The fourth-order valence-electron chi connectivity index (χ4n) is 1.08. The van der Waals surface area contributed by atoms with E-state index in [0.717, 1.165) is 5.39 Å². The molecule has 0 aliphatic carbocycles. The van der Waals surface area contributed by atoms with Crippen molar-refractivity contribution in [2.24, 2.45) is 0 Å². The molecular formula is C9H5ClO2. The fraction of sp³-hybridized carbons (Fsp3) is 0. The topological polar surface area (TPSA) is 30.2 Å². The first-order valence-corrected chi connectivity index (χ1v) is 3.81. The second kappa shape index (κ2) is 2.64. The van der Waals surface area contributed by atoms with Crippen LogP contribution < -0.4 is 0 Å². The molecule has 0 radical (unpaired) electrons. The van der Waals surface area contributed by atoms with E-state index in [9.17, 15) is 4.79 Å². The number of fused-ring (bicyclic) bond motifs is 1. The average Bonchev–Trinajstić information content (AvgIpc) is 2.46. The number of hydrogen-bond acceptors (Lipinski definition) is 2. The summed E-state index contributed by atoms with van der Waals surface area (Å²) in [7, 11) is 0. The van der Waals surface area contributed by atoms with Gasteiger partial charge in [0.25, 0.3) is 0 Å². The van der Waals surface area contributed by atoms with E-state index in [1.54, 1.807) is 18.2 Å². The van der Waals surface area contributed by atoms with Crippen LogP contribution in [0, 0.1) is 0 Å². The van der Waals surface area contributed by atoms with Crippen LogP contribution in [0.1, 0.15) is 10.6 Å². The first-order chi connectivity index (χ1) is 5.79. The van der Waals surface area contributed by atoms with Crippen molar-refractivity contribution in [3.63, 3.8) is 0 Å². The Kier molecular flexibility index (Phi) is 1.62. The molecule has 2 aromatic rings. The third-order valence-corrected chi connectivity index (χ3v) is 1.85. The Labute approximate surface area is 73.7 Å². The minimum Gasteiger partial charge on any atom is -0.453 e. The standard InChI is InChI=1S/C9H5ClO2/c10-7-2-1-6-3-8(5-11)12-9(6)4-7/h1-5H. The lowest BCUT2D eigenvalue weighted by molar-refractivity contribution is 0.110. The number of benzene rings is 1. The molecule has 0 fully saturated rings. The average molecular weight is 181 g/mol. The minimum atomic E-state index is 0.326. The Morgan fingerprint density at radius 3 is 2.92 bits per heavy atom. The second-order valence-electron chi connectivity index (χ2n) is 2.45. The summed E-state index contributed by atoms with van der Waals surface area (Å²) in [6.45, 7) is 0. The largest absolute Gasteiger partial charge is 0.453 e. The van der Waals surface area contributed by atoms with Gasteiger partial charge in [0.05, 0.1) is 0 Å². The number of carbonyl (C=O) groups is 1. The molecule has 0 aliphatic rings. The molecule has 0 unspecified atom stereocenters. The van der Waals surface area contributed by atoms with Gasteiger partial charge in [-0.3, -0.25) is 4.79 Å². The van der Waals surface area contributed by atoms with E-state index >= 15 is 0 Å². The van der Waals surface area contributed by atoms with E-state index in [4.69, 9.17) is 16.0 Å². The van der Waals surface area contributed by atoms with E-state index in [1.165, 1.54) is 0 Å². The van der Waals surface area contributed by atoms with Gasteiger partial charge in [0.15, 0.2) is 12.0 Å². The zero-order chi connectivity index (χ0) is 8.55. The normalized spacial score (nSPS) is 10.4. The highest BCUT2D eigenvalue weighted by atomic mass is 35.5. The first kappa shape index (κ1) is 7.37. The van der Waals surface area contributed by atoms with E-state index < -0.39 is 0 Å². The molecule has 2 rings (SSSR count). The molecule has 3 heteroatoms. The van der Waals surface area contributed by atoms with Crippen molar-refractivity contribution >= 4 is 28.9 Å². The summed E-state index contributed by atoms with van der Waals surface area (Å²) < 4.78 is 5.15. The van der Waals surface area contributed by atoms with Crippen molar-refractivity contribution in [1.29, 1.82) is 0 Å². The van der Waals surface area contributed by atoms with Crippen molar-refractivity contribution in [1.82, 2.24) is 0 Å². The van der Waals surface area contributed by atoms with E-state index in [0.29, 0.717) is 22.7 Å². The molecule has 12 heavy (non-hydrogen) atoms. The van der Waals surface area contributed by atoms with Gasteiger partial charge >= 0.3 is 0 Å². The first-order valence-electron chi connectivity index (χ1n) is 3.44. The van der Waals surface area contributed by atoms with Gasteiger partial charge in [0, 0.05) is 16.5 Å². The minimum absolute atomic E-state index is 0.326. The van der Waals surface area contributed by atoms with Crippen molar-refractivity contribution < 1.29 is 9.21 Å². The van der Waals surface area contributed by atoms with Crippen molar-refractivity contribution in [2.45, 2.75) is 0 Å². The van der Waals surface area contributed by atoms with Crippen molar-refractivity contribution in [3.8, 4) is 0 Å². The zero-order valence-electron chi connectivity index (χ0n) is 6.08. The molecule has 60 valence electrons. The molecule has 0 atom stereocenters. The second-order valence-corrected chi connectivity index (χ2v) is 2.89. The predicted molar refractivity (Wildman–Crippen MR) is 46.6 cm³/mol. The number of halogens is 1. The molecule has 0 saturated heterocycles. The number of aldehydes is 1. The Bertz CT molecular complexity index is 431. The van der Waals surface area contributed by atoms with Crippen LogP contribution in [0.25, 0.3) is 11.0 Å². The summed E-state index contributed by atoms with van der Waals surface area (Å²) in [5, 5.41) is 1.50. The molecular weight excluding hydrogens is 176 g/mol. The molecule has 2 nitrogen and oxygen atoms in total. The van der Waals surface area contributed by atoms with Gasteiger partial charge in [-0.1, -0.05) is 11.6 Å². The maximum atomic E-state index is 10.3. The van der Waals surface area contributed by atoms with Crippen LogP contribution in [0.2, 0.25) is 5.02 Å². The summed E-state index contributed by atoms with van der Waals surface area (Å²) >= 11 is 5.72. The highest BCUT2D eigenvalue weighted by Crippen LogP contribution is 2.21. The highest BCUT2D eigenvalue weighted by molar-refractivity contribution is 6.31. The number of furan rings is 1. The zero-order valence-corrected chi connectivity index (χ0v) is 6.84. The third kappa shape index (κ3) is 1.10. The number of hydrogen-bond donors (Lipinski definition) is 0. The molecule has 0 saturated carbocycles. The number of rotatable bonds is 1. The maximum Gasteiger partial charge on any atom is 0.185 e. The third-order valence-electron chi connectivity index (χ3n) is 1.62. The molecule has 1 aromatic heterocycles. The monoisotopic (exact) mass is 180 g/mol. The van der Waals surface area contributed by atoms with Crippen molar-refractivity contribution in [2.75, 3.05) is 0 Å². The molecule has 0 aliphatic heterocycles. The summed E-state index contributed by atoms with van der Waals surface area (Å²) in [5.41, 5.74) is 0.643. The lowest BCUT2D eigenvalue weighted by atomic mass is 10.2. The van der Waals surface area contributed by atoms with Gasteiger partial charge < -0.3 is 4.42 Å². The van der Waals surface area contributed by atoms with E-state index in [1.807, 2.05) is 6.07 Å². The predicted octanol–water partition coefficient (Wildman–Crippen LogP) is 2.90. The van der Waals surface area contributed by atoms with Crippen LogP contribution >= 0.6 is 11.6 Å². The Hall–Kier alpha value is -1.28.